The Balaban J connectivity index is 1.61. The van der Waals surface area contributed by atoms with E-state index in [9.17, 15) is 4.79 Å². The number of esters is 1. The lowest BCUT2D eigenvalue weighted by Crippen LogP contribution is -2.46. The van der Waals surface area contributed by atoms with Gasteiger partial charge >= 0.3 is 5.97 Å². The molecule has 2 heterocycles. The highest BCUT2D eigenvalue weighted by molar-refractivity contribution is 6.31. The molecule has 2 aromatic rings. The second-order valence-corrected chi connectivity index (χ2v) is 6.49. The molecular weight excluding hydrogens is 358 g/mol. The maximum atomic E-state index is 11.8. The van der Waals surface area contributed by atoms with Crippen molar-refractivity contribution in [3.63, 3.8) is 0 Å². The second kappa shape index (κ2) is 9.12. The molecule has 1 atom stereocenters. The Bertz CT molecular complexity index is 737. The molecule has 0 bridgehead atoms. The molecule has 1 aromatic carbocycles. The van der Waals surface area contributed by atoms with Crippen LogP contribution in [0.25, 0.3) is 0 Å². The maximum Gasteiger partial charge on any atom is 0.307 e. The Hall–Kier alpha value is -1.96. The minimum atomic E-state index is -0.224. The normalized spacial score (nSPS) is 18.0. The van der Waals surface area contributed by atoms with Crippen LogP contribution in [0.4, 0.5) is 0 Å². The monoisotopic (exact) mass is 379 g/mol. The van der Waals surface area contributed by atoms with Crippen LogP contribution in [-0.4, -0.2) is 53.4 Å². The first kappa shape index (κ1) is 18.8. The number of carbonyl (C=O) groups excluding carboxylic acids is 1. The summed E-state index contributed by atoms with van der Waals surface area (Å²) in [5, 5.41) is 4.72. The molecule has 140 valence electrons. The Labute approximate surface area is 157 Å². The van der Waals surface area contributed by atoms with Gasteiger partial charge in [-0.25, -0.2) is 0 Å². The predicted molar refractivity (Wildman–Crippen MR) is 94.8 cm³/mol. The lowest BCUT2D eigenvalue weighted by molar-refractivity contribution is -0.146. The molecule has 1 aliphatic heterocycles. The van der Waals surface area contributed by atoms with E-state index < -0.39 is 0 Å². The standard InChI is InChI=1S/C18H22ClN3O4/c1-2-25-18(23)10-14-12-24-8-7-22(14)11-17-20-16(21-26-17)9-13-5-3-4-6-15(13)19/h3-6,14H,2,7-12H2,1H3/t14-/m1/s1. The van der Waals surface area contributed by atoms with Crippen LogP contribution in [-0.2, 0) is 27.2 Å². The molecule has 0 amide bonds. The first-order valence-corrected chi connectivity index (χ1v) is 9.05. The number of nitrogens with zero attached hydrogens (tertiary/aromatic N) is 3. The molecule has 1 aliphatic rings. The molecule has 0 saturated carbocycles. The predicted octanol–water partition coefficient (Wildman–Crippen LogP) is 2.47. The number of hydrogen-bond donors (Lipinski definition) is 0. The second-order valence-electron chi connectivity index (χ2n) is 6.08. The lowest BCUT2D eigenvalue weighted by atomic mass is 10.1. The van der Waals surface area contributed by atoms with Crippen LogP contribution in [0, 0.1) is 0 Å². The summed E-state index contributed by atoms with van der Waals surface area (Å²) in [5.41, 5.74) is 0.952. The van der Waals surface area contributed by atoms with Gasteiger partial charge in [-0.2, -0.15) is 4.98 Å². The highest BCUT2D eigenvalue weighted by Crippen LogP contribution is 2.19. The molecule has 3 rings (SSSR count). The van der Waals surface area contributed by atoms with Gasteiger partial charge in [0.1, 0.15) is 0 Å². The van der Waals surface area contributed by atoms with E-state index in [4.69, 9.17) is 25.6 Å². The zero-order chi connectivity index (χ0) is 18.4. The quantitative estimate of drug-likeness (QED) is 0.684. The Kier molecular flexibility index (Phi) is 6.60. The van der Waals surface area contributed by atoms with Crippen LogP contribution in [0.15, 0.2) is 28.8 Å². The molecule has 1 fully saturated rings. The number of hydrogen-bond acceptors (Lipinski definition) is 7. The Morgan fingerprint density at radius 3 is 3.08 bits per heavy atom. The number of aromatic nitrogens is 2. The summed E-state index contributed by atoms with van der Waals surface area (Å²) in [4.78, 5) is 18.4. The van der Waals surface area contributed by atoms with Gasteiger partial charge in [-0.3, -0.25) is 9.69 Å². The van der Waals surface area contributed by atoms with E-state index >= 15 is 0 Å². The highest BCUT2D eigenvalue weighted by atomic mass is 35.5. The summed E-state index contributed by atoms with van der Waals surface area (Å²) in [6.07, 6.45) is 0.799. The van der Waals surface area contributed by atoms with Crippen molar-refractivity contribution in [1.82, 2.24) is 15.0 Å². The van der Waals surface area contributed by atoms with Gasteiger partial charge in [0.2, 0.25) is 5.89 Å². The van der Waals surface area contributed by atoms with E-state index in [1.807, 2.05) is 24.3 Å². The number of morpholine rings is 1. The van der Waals surface area contributed by atoms with Gasteiger partial charge in [0, 0.05) is 24.0 Å². The Morgan fingerprint density at radius 2 is 2.27 bits per heavy atom. The van der Waals surface area contributed by atoms with Gasteiger partial charge < -0.3 is 14.0 Å². The SMILES string of the molecule is CCOC(=O)C[C@@H]1COCCN1Cc1nc(Cc2ccccc2Cl)no1. The van der Waals surface area contributed by atoms with Crippen LogP contribution in [0.2, 0.25) is 5.02 Å². The number of benzene rings is 1. The number of rotatable bonds is 7. The summed E-state index contributed by atoms with van der Waals surface area (Å²) in [6.45, 7) is 4.45. The summed E-state index contributed by atoms with van der Waals surface area (Å²) in [5.74, 6) is 0.879. The van der Waals surface area contributed by atoms with Crippen molar-refractivity contribution in [3.8, 4) is 0 Å². The molecule has 0 unspecified atom stereocenters. The zero-order valence-electron chi connectivity index (χ0n) is 14.7. The summed E-state index contributed by atoms with van der Waals surface area (Å²) in [7, 11) is 0. The first-order valence-electron chi connectivity index (χ1n) is 8.68. The molecule has 0 N–H and O–H groups in total. The van der Waals surface area contributed by atoms with Gasteiger partial charge in [0.15, 0.2) is 5.82 Å². The largest absolute Gasteiger partial charge is 0.466 e. The minimum Gasteiger partial charge on any atom is -0.466 e. The van der Waals surface area contributed by atoms with Crippen molar-refractivity contribution < 1.29 is 18.8 Å². The van der Waals surface area contributed by atoms with E-state index in [1.54, 1.807) is 6.92 Å². The fraction of sp³-hybridized carbons (Fsp3) is 0.500. The third-order valence-corrected chi connectivity index (χ3v) is 4.58. The van der Waals surface area contributed by atoms with E-state index in [1.165, 1.54) is 0 Å². The molecule has 7 nitrogen and oxygen atoms in total. The lowest BCUT2D eigenvalue weighted by Gasteiger charge is -2.33. The summed E-state index contributed by atoms with van der Waals surface area (Å²) < 4.78 is 15.9. The van der Waals surface area contributed by atoms with Crippen LogP contribution in [0.3, 0.4) is 0 Å². The smallest absolute Gasteiger partial charge is 0.307 e. The van der Waals surface area contributed by atoms with Crippen molar-refractivity contribution in [3.05, 3.63) is 46.6 Å². The van der Waals surface area contributed by atoms with Gasteiger partial charge in [0.25, 0.3) is 0 Å². The molecule has 8 heteroatoms. The maximum absolute atomic E-state index is 11.8. The molecule has 1 aromatic heterocycles. The number of carbonyl (C=O) groups is 1. The fourth-order valence-corrected chi connectivity index (χ4v) is 3.11. The number of ether oxygens (including phenoxy) is 2. The molecule has 26 heavy (non-hydrogen) atoms. The third kappa shape index (κ3) is 5.03. The van der Waals surface area contributed by atoms with Crippen molar-refractivity contribution in [2.75, 3.05) is 26.4 Å². The van der Waals surface area contributed by atoms with E-state index in [0.717, 1.165) is 5.56 Å². The highest BCUT2D eigenvalue weighted by Gasteiger charge is 2.27. The number of halogens is 1. The Morgan fingerprint density at radius 1 is 1.42 bits per heavy atom. The topological polar surface area (TPSA) is 77.7 Å². The van der Waals surface area contributed by atoms with Crippen LogP contribution in [0.5, 0.6) is 0 Å². The molecule has 0 radical (unpaired) electrons. The molecule has 0 aliphatic carbocycles. The van der Waals surface area contributed by atoms with E-state index in [2.05, 4.69) is 15.0 Å². The average Bonchev–Trinajstić information content (AvgIpc) is 3.06. The van der Waals surface area contributed by atoms with Crippen LogP contribution < -0.4 is 0 Å². The van der Waals surface area contributed by atoms with Crippen LogP contribution in [0.1, 0.15) is 30.6 Å². The van der Waals surface area contributed by atoms with Crippen LogP contribution >= 0.6 is 11.6 Å². The molecular formula is C18H22ClN3O4. The summed E-state index contributed by atoms with van der Waals surface area (Å²) >= 11 is 6.18. The summed E-state index contributed by atoms with van der Waals surface area (Å²) in [6, 6.07) is 7.54. The molecule has 1 saturated heterocycles. The van der Waals surface area contributed by atoms with E-state index in [-0.39, 0.29) is 18.4 Å². The van der Waals surface area contributed by atoms with Gasteiger partial charge in [0.05, 0.1) is 32.8 Å². The van der Waals surface area contributed by atoms with Crippen molar-refractivity contribution >= 4 is 17.6 Å². The van der Waals surface area contributed by atoms with Crippen molar-refractivity contribution in [2.24, 2.45) is 0 Å². The fourth-order valence-electron chi connectivity index (χ4n) is 2.91. The average molecular weight is 380 g/mol. The van der Waals surface area contributed by atoms with Gasteiger partial charge in [-0.05, 0) is 18.6 Å². The van der Waals surface area contributed by atoms with Crippen molar-refractivity contribution in [2.45, 2.75) is 32.4 Å². The third-order valence-electron chi connectivity index (χ3n) is 4.21. The molecule has 0 spiro atoms. The first-order chi connectivity index (χ1) is 12.7. The van der Waals surface area contributed by atoms with E-state index in [0.29, 0.717) is 56.1 Å². The van der Waals surface area contributed by atoms with Crippen molar-refractivity contribution in [1.29, 1.82) is 0 Å². The van der Waals surface area contributed by atoms with Gasteiger partial charge in [-0.15, -0.1) is 0 Å². The minimum absolute atomic E-state index is 0.0540. The zero-order valence-corrected chi connectivity index (χ0v) is 15.4. The van der Waals surface area contributed by atoms with Gasteiger partial charge in [-0.1, -0.05) is 35.0 Å².